The maximum atomic E-state index is 14.1. The van der Waals surface area contributed by atoms with E-state index < -0.39 is 22.8 Å². The first-order chi connectivity index (χ1) is 18.4. The highest BCUT2D eigenvalue weighted by Gasteiger charge is 2.48. The summed E-state index contributed by atoms with van der Waals surface area (Å²) < 4.78 is 49.9. The van der Waals surface area contributed by atoms with Crippen molar-refractivity contribution in [1.82, 2.24) is 14.5 Å². The molecule has 39 heavy (non-hydrogen) atoms. The molecule has 1 saturated carbocycles. The maximum absolute atomic E-state index is 14.1. The molecule has 1 aromatic heterocycles. The molecule has 2 aromatic carbocycles. The van der Waals surface area contributed by atoms with Crippen molar-refractivity contribution in [2.24, 2.45) is 0 Å². The fraction of sp³-hybridized carbons (Fsp3) is 0.500. The predicted molar refractivity (Wildman–Crippen MR) is 141 cm³/mol. The van der Waals surface area contributed by atoms with Gasteiger partial charge in [0.15, 0.2) is 0 Å². The van der Waals surface area contributed by atoms with Gasteiger partial charge in [-0.1, -0.05) is 11.6 Å². The Hall–Kier alpha value is -2.82. The lowest BCUT2D eigenvalue weighted by Crippen LogP contribution is -2.47. The van der Waals surface area contributed by atoms with Crippen LogP contribution in [0.2, 0.25) is 5.02 Å². The summed E-state index contributed by atoms with van der Waals surface area (Å²) in [6.07, 6.45) is -2.57. The van der Waals surface area contributed by atoms with Gasteiger partial charge in [-0.2, -0.15) is 13.2 Å². The van der Waals surface area contributed by atoms with E-state index in [4.69, 9.17) is 16.3 Å². The van der Waals surface area contributed by atoms with Crippen LogP contribution in [-0.4, -0.2) is 57.3 Å². The van der Waals surface area contributed by atoms with Crippen LogP contribution in [0.5, 0.6) is 5.75 Å². The van der Waals surface area contributed by atoms with Crippen LogP contribution in [0.25, 0.3) is 11.0 Å². The minimum atomic E-state index is -4.59. The van der Waals surface area contributed by atoms with Crippen LogP contribution in [-0.2, 0) is 16.4 Å². The highest BCUT2D eigenvalue weighted by Crippen LogP contribution is 2.47. The molecule has 2 N–H and O–H groups in total. The van der Waals surface area contributed by atoms with E-state index in [1.165, 1.54) is 0 Å². The molecule has 2 fully saturated rings. The Morgan fingerprint density at radius 3 is 2.59 bits per heavy atom. The molecule has 208 valence electrons. The quantitative estimate of drug-likeness (QED) is 0.431. The summed E-state index contributed by atoms with van der Waals surface area (Å²) in [5.74, 6) is 0.588. The Morgan fingerprint density at radius 1 is 1.21 bits per heavy atom. The molecule has 1 saturated heterocycles. The molecule has 1 spiro atoms. The van der Waals surface area contributed by atoms with Gasteiger partial charge in [0.05, 0.1) is 27.6 Å². The van der Waals surface area contributed by atoms with E-state index in [1.54, 1.807) is 30.5 Å². The van der Waals surface area contributed by atoms with Gasteiger partial charge in [0.1, 0.15) is 18.2 Å². The number of amides is 1. The first-order valence-corrected chi connectivity index (χ1v) is 13.5. The lowest BCUT2D eigenvalue weighted by Gasteiger charge is -2.42. The van der Waals surface area contributed by atoms with E-state index in [0.717, 1.165) is 17.3 Å². The van der Waals surface area contributed by atoms with Crippen LogP contribution in [0.1, 0.15) is 55.6 Å². The van der Waals surface area contributed by atoms with E-state index >= 15 is 0 Å². The summed E-state index contributed by atoms with van der Waals surface area (Å²) in [4.78, 5) is 19.4. The molecular formula is C28H30ClF3N4O3. The van der Waals surface area contributed by atoms with Crippen LogP contribution >= 0.6 is 11.6 Å². The number of nitrogens with zero attached hydrogens (tertiary/aromatic N) is 3. The zero-order chi connectivity index (χ0) is 27.7. The lowest BCUT2D eigenvalue weighted by molar-refractivity contribution is -0.136. The van der Waals surface area contributed by atoms with Gasteiger partial charge in [-0.3, -0.25) is 9.69 Å². The number of anilines is 1. The number of piperidine rings is 1. The molecule has 6 rings (SSSR count). The smallest absolute Gasteiger partial charge is 0.418 e. The highest BCUT2D eigenvalue weighted by atomic mass is 35.5. The summed E-state index contributed by atoms with van der Waals surface area (Å²) in [5.41, 5.74) is -0.262. The van der Waals surface area contributed by atoms with Gasteiger partial charge in [0, 0.05) is 29.4 Å². The molecule has 0 radical (unpaired) electrons. The number of likely N-dealkylation sites (tertiary alicyclic amines) is 1. The minimum Gasteiger partial charge on any atom is -0.492 e. The largest absolute Gasteiger partial charge is 0.492 e. The molecule has 11 heteroatoms. The Kier molecular flexibility index (Phi) is 6.17. The van der Waals surface area contributed by atoms with Crippen LogP contribution in [0.15, 0.2) is 30.3 Å². The van der Waals surface area contributed by atoms with Crippen LogP contribution in [0.3, 0.4) is 0 Å². The van der Waals surface area contributed by atoms with Gasteiger partial charge < -0.3 is 19.7 Å². The van der Waals surface area contributed by atoms with Crippen molar-refractivity contribution in [2.45, 2.75) is 62.8 Å². The number of carbonyl (C=O) groups excluding carboxylic acids is 1. The molecule has 1 amide bonds. The number of fused-ring (bicyclic) bond motifs is 3. The topological polar surface area (TPSA) is 79.6 Å². The number of rotatable bonds is 5. The van der Waals surface area contributed by atoms with Crippen molar-refractivity contribution in [3.8, 4) is 5.75 Å². The molecule has 3 aromatic rings. The third kappa shape index (κ3) is 4.56. The van der Waals surface area contributed by atoms with E-state index in [9.17, 15) is 23.1 Å². The molecule has 3 heterocycles. The monoisotopic (exact) mass is 562 g/mol. The molecule has 1 aliphatic carbocycles. The second-order valence-corrected chi connectivity index (χ2v) is 11.8. The average molecular weight is 563 g/mol. The molecule has 3 aliphatic rings. The normalized spacial score (nSPS) is 24.6. The molecule has 7 nitrogen and oxygen atoms in total. The zero-order valence-electron chi connectivity index (χ0n) is 21.7. The zero-order valence-corrected chi connectivity index (χ0v) is 22.5. The Morgan fingerprint density at radius 2 is 1.92 bits per heavy atom. The molecular weight excluding hydrogens is 533 g/mol. The van der Waals surface area contributed by atoms with Crippen molar-refractivity contribution in [3.05, 3.63) is 52.3 Å². The number of alkyl halides is 3. The summed E-state index contributed by atoms with van der Waals surface area (Å²) in [7, 11) is 0. The molecule has 0 unspecified atom stereocenters. The number of aryl methyl sites for hydroxylation is 1. The Labute approximate surface area is 228 Å². The third-order valence-corrected chi connectivity index (χ3v) is 8.76. The van der Waals surface area contributed by atoms with E-state index in [-0.39, 0.29) is 35.3 Å². The SMILES string of the molecule is Cc1nc2cc(OCCN3CCC4(CC3)C(=O)Nc3ccc(Cl)cc34)cc(C(F)(F)F)c2n1[C@H]1C[C@@](C)(O)C1. The Bertz CT molecular complexity index is 1450. The Balaban J connectivity index is 1.15. The van der Waals surface area contributed by atoms with Gasteiger partial charge in [0.25, 0.3) is 0 Å². The fourth-order valence-electron chi connectivity index (χ4n) is 6.54. The molecule has 0 atom stereocenters. The first-order valence-electron chi connectivity index (χ1n) is 13.2. The molecule has 0 bridgehead atoms. The third-order valence-electron chi connectivity index (χ3n) is 8.52. The van der Waals surface area contributed by atoms with E-state index in [1.807, 2.05) is 12.1 Å². The number of hydrogen-bond acceptors (Lipinski definition) is 5. The number of imidazole rings is 1. The van der Waals surface area contributed by atoms with Crippen molar-refractivity contribution in [2.75, 3.05) is 31.6 Å². The van der Waals surface area contributed by atoms with Crippen LogP contribution in [0.4, 0.5) is 18.9 Å². The highest BCUT2D eigenvalue weighted by molar-refractivity contribution is 6.31. The van der Waals surface area contributed by atoms with Crippen molar-refractivity contribution in [1.29, 1.82) is 0 Å². The van der Waals surface area contributed by atoms with Gasteiger partial charge in [-0.15, -0.1) is 0 Å². The summed E-state index contributed by atoms with van der Waals surface area (Å²) >= 11 is 6.20. The maximum Gasteiger partial charge on any atom is 0.418 e. The number of nitrogens with one attached hydrogen (secondary N) is 1. The standard InChI is InChI=1S/C28H30ClF3N4O3/c1-16-33-23-13-19(12-21(28(30,31)32)24(23)36(16)18-14-26(2,38)15-18)39-10-9-35-7-5-27(6-8-35)20-11-17(29)3-4-22(20)34-25(27)37/h3-4,11-13,18,38H,5-10,14-15H2,1-2H3,(H,34,37)/t18-,26+. The summed E-state index contributed by atoms with van der Waals surface area (Å²) in [5, 5.41) is 13.7. The van der Waals surface area contributed by atoms with Crippen molar-refractivity contribution >= 4 is 34.2 Å². The van der Waals surface area contributed by atoms with E-state index in [0.29, 0.717) is 56.2 Å². The van der Waals surface area contributed by atoms with Crippen molar-refractivity contribution < 1.29 is 27.8 Å². The fourth-order valence-corrected chi connectivity index (χ4v) is 6.71. The van der Waals surface area contributed by atoms with Crippen LogP contribution in [0, 0.1) is 6.92 Å². The second-order valence-electron chi connectivity index (χ2n) is 11.3. The average Bonchev–Trinajstić information content (AvgIpc) is 3.30. The van der Waals surface area contributed by atoms with E-state index in [2.05, 4.69) is 15.2 Å². The predicted octanol–water partition coefficient (Wildman–Crippen LogP) is 5.47. The number of aliphatic hydroxyl groups is 1. The number of hydrogen-bond donors (Lipinski definition) is 2. The number of halogens is 4. The minimum absolute atomic E-state index is 0.0103. The summed E-state index contributed by atoms with van der Waals surface area (Å²) in [6.45, 7) is 5.41. The van der Waals surface area contributed by atoms with Crippen molar-refractivity contribution in [3.63, 3.8) is 0 Å². The number of benzene rings is 2. The lowest BCUT2D eigenvalue weighted by atomic mass is 9.73. The number of aromatic nitrogens is 2. The molecule has 2 aliphatic heterocycles. The van der Waals surface area contributed by atoms with Gasteiger partial charge in [0.2, 0.25) is 5.91 Å². The number of carbonyl (C=O) groups is 1. The summed E-state index contributed by atoms with van der Waals surface area (Å²) in [6, 6.07) is 7.82. The van der Waals surface area contributed by atoms with Gasteiger partial charge in [-0.25, -0.2) is 4.98 Å². The van der Waals surface area contributed by atoms with Gasteiger partial charge >= 0.3 is 6.18 Å². The second kappa shape index (κ2) is 9.11. The van der Waals surface area contributed by atoms with Gasteiger partial charge in [-0.05, 0) is 82.4 Å². The first kappa shape index (κ1) is 26.4. The van der Waals surface area contributed by atoms with Crippen LogP contribution < -0.4 is 10.1 Å². The number of ether oxygens (including phenoxy) is 1.